The van der Waals surface area contributed by atoms with Crippen molar-refractivity contribution in [3.8, 4) is 77.9 Å². The third kappa shape index (κ3) is 16.2. The highest BCUT2D eigenvalue weighted by Gasteiger charge is 2.23. The van der Waals surface area contributed by atoms with Crippen LogP contribution in [0, 0.1) is 0 Å². The summed E-state index contributed by atoms with van der Waals surface area (Å²) >= 11 is 0. The van der Waals surface area contributed by atoms with Gasteiger partial charge in [-0.1, -0.05) is 356 Å². The Morgan fingerprint density at radius 2 is 0.366 bits per heavy atom. The Bertz CT molecular complexity index is 5410. The van der Waals surface area contributed by atoms with Gasteiger partial charge in [-0.05, 0) is 270 Å². The quantitative estimate of drug-likeness (QED) is 0.0896. The number of hydrogen-bond acceptors (Lipinski definition) is 2. The van der Waals surface area contributed by atoms with Crippen molar-refractivity contribution < 1.29 is 0 Å². The van der Waals surface area contributed by atoms with Gasteiger partial charge in [-0.15, -0.1) is 0 Å². The molecule has 4 saturated carbocycles. The number of hydrogen-bond donors (Lipinski definition) is 0. The summed E-state index contributed by atoms with van der Waals surface area (Å²) in [7, 11) is 0. The molecule has 0 unspecified atom stereocenters. The van der Waals surface area contributed by atoms with Gasteiger partial charge in [0.15, 0.2) is 0 Å². The van der Waals surface area contributed by atoms with Crippen LogP contribution in [0.5, 0.6) is 0 Å². The SMILES string of the molecule is c1cc(-c2ccc(N(c3ccc(-c4ccc(-c5cccc6ccccc56)cc4)cc3)c3ccc(-c4cccc(C5CCCCC5)c4)cc3)cc2)cc(C2CCCCC2)c1.c1cc(-c2ccc(N(c3ccc(-c4cccc(C5CCCCC5)c4)cc3)c3ccc(-c4cccc5ccccc45)cc3)cc2)cc(C2CCCCC2)c1. The van der Waals surface area contributed by atoms with Gasteiger partial charge in [0, 0.05) is 34.1 Å². The van der Waals surface area contributed by atoms with Crippen LogP contribution in [0.3, 0.4) is 0 Å². The van der Waals surface area contributed by atoms with Gasteiger partial charge in [-0.2, -0.15) is 0 Å². The zero-order valence-corrected chi connectivity index (χ0v) is 64.8. The molecule has 0 aliphatic heterocycles. The molecule has 0 atom stereocenters. The Morgan fingerprint density at radius 1 is 0.161 bits per heavy atom. The van der Waals surface area contributed by atoms with Gasteiger partial charge in [0.05, 0.1) is 0 Å². The van der Waals surface area contributed by atoms with Crippen molar-refractivity contribution in [3.63, 3.8) is 0 Å². The molecule has 2 nitrogen and oxygen atoms in total. The highest BCUT2D eigenvalue weighted by molar-refractivity contribution is 5.98. The van der Waals surface area contributed by atoms with Gasteiger partial charge >= 0.3 is 0 Å². The van der Waals surface area contributed by atoms with Crippen molar-refractivity contribution in [3.05, 3.63) is 374 Å². The maximum absolute atomic E-state index is 2.44. The van der Waals surface area contributed by atoms with Gasteiger partial charge in [0.2, 0.25) is 0 Å². The number of fused-ring (bicyclic) bond motifs is 2. The molecule has 0 saturated heterocycles. The van der Waals surface area contributed by atoms with Crippen LogP contribution in [0.15, 0.2) is 352 Å². The third-order valence-corrected chi connectivity index (χ3v) is 25.4. The molecule has 4 fully saturated rings. The lowest BCUT2D eigenvalue weighted by atomic mass is 9.83. The third-order valence-electron chi connectivity index (χ3n) is 25.4. The van der Waals surface area contributed by atoms with Gasteiger partial charge < -0.3 is 9.80 Å². The van der Waals surface area contributed by atoms with Crippen LogP contribution in [0.2, 0.25) is 0 Å². The van der Waals surface area contributed by atoms with Crippen LogP contribution in [0.25, 0.3) is 99.4 Å². The number of rotatable bonds is 17. The molecule has 15 aromatic rings. The summed E-state index contributed by atoms with van der Waals surface area (Å²) < 4.78 is 0. The molecule has 19 rings (SSSR count). The maximum Gasteiger partial charge on any atom is 0.0462 e. The molecule has 15 aromatic carbocycles. The Kier molecular flexibility index (Phi) is 21.8. The summed E-state index contributed by atoms with van der Waals surface area (Å²) in [6, 6.07) is 132. The molecule has 552 valence electrons. The molecule has 112 heavy (non-hydrogen) atoms. The van der Waals surface area contributed by atoms with E-state index >= 15 is 0 Å². The standard InChI is InChI=1S/C58H53N.C52H49N/c1-3-12-42(13-4-1)50-18-9-20-52(40-50)46-30-36-55(37-31-46)59(56-38-32-47(33-39-56)53-21-10-19-51(41-53)43-14-5-2-6-15-43)54-34-28-45(29-35-54)44-24-26-49(27-25-44)58-23-11-17-48-16-7-8-22-57(48)58;1-3-12-38(13-4-1)44-18-9-20-46(36-44)40-24-30-48(31-25-40)53(50-34-28-43(29-35-50)52-23-11-17-42-16-7-8-22-51(42)52)49-32-26-41(27-33-49)47-21-10-19-45(37-47)39-14-5-2-6-15-39/h7-11,16-43H,1-6,12-15H2;7-11,16-39H,1-6,12-15H2. The summed E-state index contributed by atoms with van der Waals surface area (Å²) in [6.45, 7) is 0. The Balaban J connectivity index is 0.000000157. The first-order valence-corrected chi connectivity index (χ1v) is 42.2. The smallest absolute Gasteiger partial charge is 0.0462 e. The highest BCUT2D eigenvalue weighted by atomic mass is 15.1. The molecule has 0 N–H and O–H groups in total. The first-order chi connectivity index (χ1) is 55.5. The van der Waals surface area contributed by atoms with E-state index in [9.17, 15) is 0 Å². The van der Waals surface area contributed by atoms with Crippen LogP contribution in [-0.2, 0) is 0 Å². The summed E-state index contributed by atoms with van der Waals surface area (Å²) in [5.41, 5.74) is 30.6. The van der Waals surface area contributed by atoms with Crippen LogP contribution in [0.1, 0.15) is 174 Å². The molecule has 0 aromatic heterocycles. The van der Waals surface area contributed by atoms with Crippen molar-refractivity contribution in [2.75, 3.05) is 9.80 Å². The number of benzene rings is 15. The average molecular weight is 1450 g/mol. The van der Waals surface area contributed by atoms with E-state index < -0.39 is 0 Å². The monoisotopic (exact) mass is 1450 g/mol. The summed E-state index contributed by atoms with van der Waals surface area (Å²) in [5.74, 6) is 2.80. The van der Waals surface area contributed by atoms with Gasteiger partial charge in [-0.3, -0.25) is 0 Å². The van der Waals surface area contributed by atoms with Crippen LogP contribution >= 0.6 is 0 Å². The molecule has 0 heterocycles. The molecule has 4 aliphatic carbocycles. The van der Waals surface area contributed by atoms with E-state index in [1.54, 1.807) is 0 Å². The predicted octanol–water partition coefficient (Wildman–Crippen LogP) is 32.5. The second kappa shape index (κ2) is 34.0. The summed E-state index contributed by atoms with van der Waals surface area (Å²) in [5, 5.41) is 5.11. The zero-order valence-electron chi connectivity index (χ0n) is 64.8. The summed E-state index contributed by atoms with van der Waals surface area (Å²) in [6.07, 6.45) is 26.9. The van der Waals surface area contributed by atoms with E-state index in [0.717, 1.165) is 34.1 Å². The lowest BCUT2D eigenvalue weighted by molar-refractivity contribution is 0.444. The van der Waals surface area contributed by atoms with Crippen molar-refractivity contribution in [1.29, 1.82) is 0 Å². The summed E-state index contributed by atoms with van der Waals surface area (Å²) in [4.78, 5) is 4.80. The van der Waals surface area contributed by atoms with Gasteiger partial charge in [0.1, 0.15) is 0 Å². The van der Waals surface area contributed by atoms with E-state index in [1.807, 2.05) is 0 Å². The number of nitrogens with zero attached hydrogens (tertiary/aromatic N) is 2. The minimum absolute atomic E-state index is 0.696. The zero-order chi connectivity index (χ0) is 74.8. The maximum atomic E-state index is 2.44. The van der Waals surface area contributed by atoms with Crippen molar-refractivity contribution in [2.45, 2.75) is 152 Å². The molecular formula is C110H102N2. The molecule has 0 spiro atoms. The lowest BCUT2D eigenvalue weighted by Crippen LogP contribution is -2.09. The predicted molar refractivity (Wildman–Crippen MR) is 479 cm³/mol. The van der Waals surface area contributed by atoms with Crippen molar-refractivity contribution in [1.82, 2.24) is 0 Å². The fourth-order valence-corrected chi connectivity index (χ4v) is 19.1. The Labute approximate surface area is 665 Å². The minimum Gasteiger partial charge on any atom is -0.311 e. The van der Waals surface area contributed by atoms with Gasteiger partial charge in [-0.25, -0.2) is 0 Å². The molecule has 0 amide bonds. The number of anilines is 6. The first kappa shape index (κ1) is 72.0. The first-order valence-electron chi connectivity index (χ1n) is 42.2. The average Bonchev–Trinajstić information content (AvgIpc) is 0.784. The van der Waals surface area contributed by atoms with Crippen LogP contribution < -0.4 is 9.80 Å². The van der Waals surface area contributed by atoms with E-state index in [-0.39, 0.29) is 0 Å². The molecule has 2 heteroatoms. The fraction of sp³-hybridized carbons (Fsp3) is 0.218. The second-order valence-corrected chi connectivity index (χ2v) is 32.4. The van der Waals surface area contributed by atoms with E-state index in [4.69, 9.17) is 0 Å². The topological polar surface area (TPSA) is 6.48 Å². The molecule has 4 aliphatic rings. The van der Waals surface area contributed by atoms with E-state index in [2.05, 4.69) is 362 Å². The highest BCUT2D eigenvalue weighted by Crippen LogP contribution is 2.45. The Morgan fingerprint density at radius 3 is 0.634 bits per heavy atom. The van der Waals surface area contributed by atoms with E-state index in [0.29, 0.717) is 23.7 Å². The fourth-order valence-electron chi connectivity index (χ4n) is 19.1. The van der Waals surface area contributed by atoms with Crippen LogP contribution in [0.4, 0.5) is 34.1 Å². The lowest BCUT2D eigenvalue weighted by Gasteiger charge is -2.26. The second-order valence-electron chi connectivity index (χ2n) is 32.4. The molecule has 0 radical (unpaired) electrons. The van der Waals surface area contributed by atoms with Crippen LogP contribution in [-0.4, -0.2) is 0 Å². The molecule has 0 bridgehead atoms. The molecular weight excluding hydrogens is 1350 g/mol. The minimum atomic E-state index is 0.696. The van der Waals surface area contributed by atoms with Gasteiger partial charge in [0.25, 0.3) is 0 Å². The van der Waals surface area contributed by atoms with Crippen molar-refractivity contribution in [2.24, 2.45) is 0 Å². The van der Waals surface area contributed by atoms with E-state index in [1.165, 1.54) is 250 Å². The normalized spacial score (nSPS) is 15.2. The largest absolute Gasteiger partial charge is 0.311 e. The van der Waals surface area contributed by atoms with Crippen molar-refractivity contribution >= 4 is 55.7 Å². The Hall–Kier alpha value is -11.6.